The van der Waals surface area contributed by atoms with Crippen LogP contribution in [0.25, 0.3) is 10.9 Å². The summed E-state index contributed by atoms with van der Waals surface area (Å²) in [7, 11) is 0. The van der Waals surface area contributed by atoms with Gasteiger partial charge in [0, 0.05) is 10.3 Å². The summed E-state index contributed by atoms with van der Waals surface area (Å²) in [6.07, 6.45) is 1.97. The number of thioether (sulfide) groups is 1. The van der Waals surface area contributed by atoms with E-state index in [9.17, 15) is 4.79 Å². The molecule has 1 aromatic heterocycles. The molecule has 0 unspecified atom stereocenters. The average Bonchev–Trinajstić information content (AvgIpc) is 2.60. The molecule has 0 aliphatic carbocycles. The maximum Gasteiger partial charge on any atom is 0.352 e. The van der Waals surface area contributed by atoms with Crippen LogP contribution in [-0.4, -0.2) is 22.3 Å². The highest BCUT2D eigenvalue weighted by atomic mass is 32.2. The van der Waals surface area contributed by atoms with Crippen molar-refractivity contribution in [3.8, 4) is 0 Å². The predicted octanol–water partition coefficient (Wildman–Crippen LogP) is 2.59. The summed E-state index contributed by atoms with van der Waals surface area (Å²) in [5.41, 5.74) is 1.14. The van der Waals surface area contributed by atoms with Gasteiger partial charge in [-0.1, -0.05) is 12.1 Å². The molecule has 0 amide bonds. The Bertz CT molecular complexity index is 490. The van der Waals surface area contributed by atoms with Crippen LogP contribution in [0, 0.1) is 0 Å². The van der Waals surface area contributed by atoms with Gasteiger partial charge in [-0.3, -0.25) is 0 Å². The Balaban J connectivity index is 2.70. The van der Waals surface area contributed by atoms with Crippen molar-refractivity contribution in [1.82, 2.24) is 4.98 Å². The summed E-state index contributed by atoms with van der Waals surface area (Å²) in [6.45, 7) is 0. The quantitative estimate of drug-likeness (QED) is 0.744. The molecule has 1 heterocycles. The van der Waals surface area contributed by atoms with Crippen molar-refractivity contribution in [3.63, 3.8) is 0 Å². The van der Waals surface area contributed by atoms with E-state index < -0.39 is 5.97 Å². The molecule has 2 aromatic rings. The van der Waals surface area contributed by atoms with Crippen molar-refractivity contribution in [2.24, 2.45) is 0 Å². The fourth-order valence-electron chi connectivity index (χ4n) is 1.41. The van der Waals surface area contributed by atoms with Crippen molar-refractivity contribution >= 4 is 28.6 Å². The first-order chi connectivity index (χ1) is 6.72. The van der Waals surface area contributed by atoms with Gasteiger partial charge in [-0.15, -0.1) is 11.8 Å². The Hall–Kier alpha value is -1.42. The number of carboxylic acids is 1. The number of fused-ring (bicyclic) bond motifs is 1. The lowest BCUT2D eigenvalue weighted by Crippen LogP contribution is -1.94. The maximum atomic E-state index is 10.7. The second kappa shape index (κ2) is 3.38. The molecule has 0 saturated heterocycles. The van der Waals surface area contributed by atoms with Gasteiger partial charge >= 0.3 is 5.97 Å². The number of H-pyrrole nitrogens is 1. The Morgan fingerprint density at radius 3 is 2.93 bits per heavy atom. The number of benzene rings is 1. The minimum atomic E-state index is -0.923. The van der Waals surface area contributed by atoms with Crippen molar-refractivity contribution in [3.05, 3.63) is 30.0 Å². The van der Waals surface area contributed by atoms with E-state index >= 15 is 0 Å². The van der Waals surface area contributed by atoms with Crippen LogP contribution in [0.4, 0.5) is 0 Å². The molecule has 0 atom stereocenters. The van der Waals surface area contributed by atoms with Gasteiger partial charge in [0.2, 0.25) is 0 Å². The molecule has 0 bridgehead atoms. The first-order valence-electron chi connectivity index (χ1n) is 4.11. The second-order valence-corrected chi connectivity index (χ2v) is 3.76. The van der Waals surface area contributed by atoms with Gasteiger partial charge in [0.1, 0.15) is 5.69 Å². The molecule has 1 aromatic carbocycles. The van der Waals surface area contributed by atoms with Crippen molar-refractivity contribution < 1.29 is 9.90 Å². The van der Waals surface area contributed by atoms with Crippen LogP contribution in [0.15, 0.2) is 29.2 Å². The van der Waals surface area contributed by atoms with Crippen LogP contribution in [0.2, 0.25) is 0 Å². The minimum absolute atomic E-state index is 0.238. The van der Waals surface area contributed by atoms with Crippen LogP contribution in [0.5, 0.6) is 0 Å². The highest BCUT2D eigenvalue weighted by molar-refractivity contribution is 7.98. The summed E-state index contributed by atoms with van der Waals surface area (Å²) < 4.78 is 0. The van der Waals surface area contributed by atoms with Gasteiger partial charge < -0.3 is 10.1 Å². The van der Waals surface area contributed by atoms with Gasteiger partial charge in [0.05, 0.1) is 5.52 Å². The Labute approximate surface area is 85.1 Å². The fourth-order valence-corrected chi connectivity index (χ4v) is 2.00. The number of nitrogens with one attached hydrogen (secondary N) is 1. The summed E-state index contributed by atoms with van der Waals surface area (Å²) >= 11 is 1.60. The standard InChI is InChI=1S/C10H9NO2S/c1-14-8-4-2-3-6-5-7(10(12)13)11-9(6)8/h2-5,11H,1H3,(H,12,13). The minimum Gasteiger partial charge on any atom is -0.477 e. The summed E-state index contributed by atoms with van der Waals surface area (Å²) in [6, 6.07) is 7.44. The molecule has 2 N–H and O–H groups in total. The number of aromatic carboxylic acids is 1. The van der Waals surface area contributed by atoms with E-state index in [0.29, 0.717) is 0 Å². The third kappa shape index (κ3) is 1.37. The zero-order valence-electron chi connectivity index (χ0n) is 7.57. The van der Waals surface area contributed by atoms with Crippen molar-refractivity contribution in [1.29, 1.82) is 0 Å². The van der Waals surface area contributed by atoms with Gasteiger partial charge in [0.15, 0.2) is 0 Å². The molecular weight excluding hydrogens is 198 g/mol. The van der Waals surface area contributed by atoms with Crippen LogP contribution in [-0.2, 0) is 0 Å². The Morgan fingerprint density at radius 1 is 1.50 bits per heavy atom. The van der Waals surface area contributed by atoms with E-state index in [1.165, 1.54) is 0 Å². The lowest BCUT2D eigenvalue weighted by molar-refractivity contribution is 0.0691. The van der Waals surface area contributed by atoms with Crippen molar-refractivity contribution in [2.45, 2.75) is 4.90 Å². The van der Waals surface area contributed by atoms with E-state index in [4.69, 9.17) is 5.11 Å². The van der Waals surface area contributed by atoms with E-state index in [-0.39, 0.29) is 5.69 Å². The first kappa shape index (κ1) is 9.15. The summed E-state index contributed by atoms with van der Waals surface area (Å²) in [4.78, 5) is 14.7. The van der Waals surface area contributed by atoms with Crippen LogP contribution < -0.4 is 0 Å². The summed E-state index contributed by atoms with van der Waals surface area (Å²) in [5.74, 6) is -0.923. The third-order valence-electron chi connectivity index (χ3n) is 2.07. The topological polar surface area (TPSA) is 53.1 Å². The molecule has 2 rings (SSSR count). The number of carbonyl (C=O) groups is 1. The molecule has 4 heteroatoms. The number of hydrogen-bond donors (Lipinski definition) is 2. The highest BCUT2D eigenvalue weighted by Gasteiger charge is 2.08. The van der Waals surface area contributed by atoms with Crippen molar-refractivity contribution in [2.75, 3.05) is 6.26 Å². The lowest BCUT2D eigenvalue weighted by Gasteiger charge is -1.96. The molecule has 0 fully saturated rings. The molecule has 14 heavy (non-hydrogen) atoms. The SMILES string of the molecule is CSc1cccc2cc(C(=O)O)[nH]c12. The second-order valence-electron chi connectivity index (χ2n) is 2.91. The molecule has 0 saturated carbocycles. The molecule has 0 spiro atoms. The van der Waals surface area contributed by atoms with E-state index in [1.54, 1.807) is 17.8 Å². The number of para-hydroxylation sites is 1. The van der Waals surface area contributed by atoms with Crippen LogP contribution >= 0.6 is 11.8 Å². The Kier molecular flexibility index (Phi) is 2.21. The molecule has 72 valence electrons. The van der Waals surface area contributed by atoms with Crippen LogP contribution in [0.3, 0.4) is 0 Å². The number of aromatic amines is 1. The summed E-state index contributed by atoms with van der Waals surface area (Å²) in [5, 5.41) is 9.75. The smallest absolute Gasteiger partial charge is 0.352 e. The number of hydrogen-bond acceptors (Lipinski definition) is 2. The predicted molar refractivity (Wildman–Crippen MR) is 57.0 cm³/mol. The zero-order chi connectivity index (χ0) is 10.1. The number of rotatable bonds is 2. The van der Waals surface area contributed by atoms with Gasteiger partial charge in [-0.2, -0.15) is 0 Å². The number of carboxylic acid groups (broad SMARTS) is 1. The maximum absolute atomic E-state index is 10.7. The van der Waals surface area contributed by atoms with Gasteiger partial charge in [-0.05, 0) is 18.4 Å². The fraction of sp³-hybridized carbons (Fsp3) is 0.100. The van der Waals surface area contributed by atoms with Gasteiger partial charge in [0.25, 0.3) is 0 Å². The number of aromatic nitrogens is 1. The van der Waals surface area contributed by atoms with Crippen LogP contribution in [0.1, 0.15) is 10.5 Å². The first-order valence-corrected chi connectivity index (χ1v) is 5.34. The normalized spacial score (nSPS) is 10.6. The van der Waals surface area contributed by atoms with E-state index in [0.717, 1.165) is 15.8 Å². The molecule has 3 nitrogen and oxygen atoms in total. The monoisotopic (exact) mass is 207 g/mol. The third-order valence-corrected chi connectivity index (χ3v) is 2.85. The van der Waals surface area contributed by atoms with E-state index in [2.05, 4.69) is 4.98 Å². The Morgan fingerprint density at radius 2 is 2.29 bits per heavy atom. The molecule has 0 aliphatic rings. The largest absolute Gasteiger partial charge is 0.477 e. The van der Waals surface area contributed by atoms with E-state index in [1.807, 2.05) is 24.5 Å². The molecular formula is C10H9NO2S. The highest BCUT2D eigenvalue weighted by Crippen LogP contribution is 2.26. The molecule has 0 aliphatic heterocycles. The lowest BCUT2D eigenvalue weighted by atomic mass is 10.2. The van der Waals surface area contributed by atoms with Gasteiger partial charge in [-0.25, -0.2) is 4.79 Å². The zero-order valence-corrected chi connectivity index (χ0v) is 8.39. The average molecular weight is 207 g/mol. The molecule has 0 radical (unpaired) electrons.